The predicted molar refractivity (Wildman–Crippen MR) is 68.0 cm³/mol. The fraction of sp³-hybridized carbons (Fsp3) is 0.0714. The first-order valence-electron chi connectivity index (χ1n) is 5.73. The smallest absolute Gasteiger partial charge is 0.251 e. The third-order valence-corrected chi connectivity index (χ3v) is 3.23. The van der Waals surface area contributed by atoms with Crippen LogP contribution < -0.4 is 5.32 Å². The zero-order chi connectivity index (χ0) is 13.6. The van der Waals surface area contributed by atoms with Crippen LogP contribution in [-0.4, -0.2) is 21.2 Å². The molecule has 2 aromatic carbocycles. The zero-order valence-corrected chi connectivity index (χ0v) is 9.84. The molecular formula is C14H11NO4. The molecular weight excluding hydrogens is 246 g/mol. The zero-order valence-electron chi connectivity index (χ0n) is 9.84. The van der Waals surface area contributed by atoms with Gasteiger partial charge in [0.1, 0.15) is 0 Å². The van der Waals surface area contributed by atoms with Crippen LogP contribution in [-0.2, 0) is 6.54 Å². The van der Waals surface area contributed by atoms with Crippen molar-refractivity contribution in [1.29, 1.82) is 0 Å². The van der Waals surface area contributed by atoms with Crippen molar-refractivity contribution in [3.63, 3.8) is 0 Å². The van der Waals surface area contributed by atoms with Gasteiger partial charge in [-0.25, -0.2) is 0 Å². The lowest BCUT2D eigenvalue weighted by Crippen LogP contribution is -2.12. The summed E-state index contributed by atoms with van der Waals surface area (Å²) in [6.07, 6.45) is 0. The first kappa shape index (κ1) is 11.4. The summed E-state index contributed by atoms with van der Waals surface area (Å²) >= 11 is 0. The average molecular weight is 257 g/mol. The quantitative estimate of drug-likeness (QED) is 0.585. The highest BCUT2D eigenvalue weighted by molar-refractivity contribution is 5.99. The molecule has 0 saturated carbocycles. The van der Waals surface area contributed by atoms with Crippen LogP contribution in [0.4, 0.5) is 0 Å². The lowest BCUT2D eigenvalue weighted by Gasteiger charge is -2.08. The van der Waals surface area contributed by atoms with Crippen LogP contribution in [0.2, 0.25) is 0 Å². The SMILES string of the molecule is O=C1NCc2cc(-c3ccc(O)c(O)c3O)ccc21. The molecule has 0 fully saturated rings. The minimum Gasteiger partial charge on any atom is -0.504 e. The van der Waals surface area contributed by atoms with Crippen molar-refractivity contribution in [1.82, 2.24) is 5.32 Å². The minimum absolute atomic E-state index is 0.112. The van der Waals surface area contributed by atoms with Gasteiger partial charge >= 0.3 is 0 Å². The molecule has 96 valence electrons. The van der Waals surface area contributed by atoms with Gasteiger partial charge < -0.3 is 20.6 Å². The van der Waals surface area contributed by atoms with Gasteiger partial charge in [0.15, 0.2) is 11.5 Å². The largest absolute Gasteiger partial charge is 0.504 e. The van der Waals surface area contributed by atoms with E-state index in [4.69, 9.17) is 0 Å². The van der Waals surface area contributed by atoms with Crippen LogP contribution in [0.25, 0.3) is 11.1 Å². The summed E-state index contributed by atoms with van der Waals surface area (Å²) in [6, 6.07) is 7.96. The first-order valence-corrected chi connectivity index (χ1v) is 5.73. The average Bonchev–Trinajstić information content (AvgIpc) is 2.77. The molecule has 0 bridgehead atoms. The van der Waals surface area contributed by atoms with Crippen molar-refractivity contribution in [3.8, 4) is 28.4 Å². The standard InChI is InChI=1S/C14H11NO4/c16-11-4-3-9(12(17)13(11)18)7-1-2-10-8(5-7)6-15-14(10)19/h1-5,16-18H,6H2,(H,15,19). The molecule has 0 unspecified atom stereocenters. The Morgan fingerprint density at radius 2 is 1.68 bits per heavy atom. The summed E-state index contributed by atoms with van der Waals surface area (Å²) in [5.41, 5.74) is 2.53. The summed E-state index contributed by atoms with van der Waals surface area (Å²) in [4.78, 5) is 11.4. The van der Waals surface area contributed by atoms with E-state index in [-0.39, 0.29) is 17.4 Å². The van der Waals surface area contributed by atoms with Crippen molar-refractivity contribution >= 4 is 5.91 Å². The third-order valence-electron chi connectivity index (χ3n) is 3.23. The number of hydrogen-bond donors (Lipinski definition) is 4. The van der Waals surface area contributed by atoms with Gasteiger partial charge in [0, 0.05) is 17.7 Å². The highest BCUT2D eigenvalue weighted by Gasteiger charge is 2.20. The number of hydrogen-bond acceptors (Lipinski definition) is 4. The molecule has 1 aliphatic heterocycles. The van der Waals surface area contributed by atoms with Crippen molar-refractivity contribution in [2.75, 3.05) is 0 Å². The summed E-state index contributed by atoms with van der Waals surface area (Å²) in [5.74, 6) is -1.41. The summed E-state index contributed by atoms with van der Waals surface area (Å²) in [7, 11) is 0. The second-order valence-electron chi connectivity index (χ2n) is 4.38. The van der Waals surface area contributed by atoms with Crippen molar-refractivity contribution in [2.45, 2.75) is 6.54 Å². The van der Waals surface area contributed by atoms with Gasteiger partial charge in [-0.15, -0.1) is 0 Å². The van der Waals surface area contributed by atoms with E-state index >= 15 is 0 Å². The van der Waals surface area contributed by atoms with Gasteiger partial charge in [0.05, 0.1) is 0 Å². The minimum atomic E-state index is -0.549. The molecule has 2 aromatic rings. The number of fused-ring (bicyclic) bond motifs is 1. The van der Waals surface area contributed by atoms with Crippen LogP contribution >= 0.6 is 0 Å². The molecule has 3 rings (SSSR count). The monoisotopic (exact) mass is 257 g/mol. The molecule has 0 radical (unpaired) electrons. The topological polar surface area (TPSA) is 89.8 Å². The number of nitrogens with one attached hydrogen (secondary N) is 1. The molecule has 19 heavy (non-hydrogen) atoms. The Morgan fingerprint density at radius 1 is 0.947 bits per heavy atom. The molecule has 0 spiro atoms. The Morgan fingerprint density at radius 3 is 2.47 bits per heavy atom. The van der Waals surface area contributed by atoms with Crippen LogP contribution in [0, 0.1) is 0 Å². The summed E-state index contributed by atoms with van der Waals surface area (Å²) < 4.78 is 0. The Hall–Kier alpha value is -2.69. The van der Waals surface area contributed by atoms with Crippen LogP contribution in [0.5, 0.6) is 17.2 Å². The van der Waals surface area contributed by atoms with Crippen LogP contribution in [0.1, 0.15) is 15.9 Å². The van der Waals surface area contributed by atoms with Crippen molar-refractivity contribution in [3.05, 3.63) is 41.5 Å². The van der Waals surface area contributed by atoms with Gasteiger partial charge in [-0.05, 0) is 35.4 Å². The number of benzene rings is 2. The molecule has 1 aliphatic rings. The Bertz CT molecular complexity index is 694. The molecule has 0 atom stereocenters. The Labute approximate surface area is 108 Å². The van der Waals surface area contributed by atoms with Gasteiger partial charge in [-0.2, -0.15) is 0 Å². The van der Waals surface area contributed by atoms with E-state index in [0.717, 1.165) is 5.56 Å². The molecule has 1 heterocycles. The van der Waals surface area contributed by atoms with E-state index < -0.39 is 5.75 Å². The lowest BCUT2D eigenvalue weighted by molar-refractivity contribution is 0.0966. The normalized spacial score (nSPS) is 13.2. The Balaban J connectivity index is 2.14. The molecule has 0 aromatic heterocycles. The van der Waals surface area contributed by atoms with Gasteiger partial charge in [0.25, 0.3) is 5.91 Å². The van der Waals surface area contributed by atoms with E-state index in [1.165, 1.54) is 12.1 Å². The van der Waals surface area contributed by atoms with E-state index in [9.17, 15) is 20.1 Å². The van der Waals surface area contributed by atoms with E-state index in [0.29, 0.717) is 23.2 Å². The summed E-state index contributed by atoms with van der Waals surface area (Å²) in [6.45, 7) is 0.451. The van der Waals surface area contributed by atoms with Gasteiger partial charge in [0.2, 0.25) is 5.75 Å². The van der Waals surface area contributed by atoms with Gasteiger partial charge in [-0.3, -0.25) is 4.79 Å². The number of carbonyl (C=O) groups excluding carboxylic acids is 1. The third kappa shape index (κ3) is 1.67. The van der Waals surface area contributed by atoms with Crippen LogP contribution in [0.15, 0.2) is 30.3 Å². The fourth-order valence-corrected chi connectivity index (χ4v) is 2.20. The van der Waals surface area contributed by atoms with Crippen molar-refractivity contribution in [2.24, 2.45) is 0 Å². The molecule has 4 N–H and O–H groups in total. The number of carbonyl (C=O) groups is 1. The van der Waals surface area contributed by atoms with Crippen LogP contribution in [0.3, 0.4) is 0 Å². The number of aromatic hydroxyl groups is 3. The lowest BCUT2D eigenvalue weighted by atomic mass is 9.99. The highest BCUT2D eigenvalue weighted by atomic mass is 16.3. The second kappa shape index (κ2) is 3.91. The summed E-state index contributed by atoms with van der Waals surface area (Å²) in [5, 5.41) is 31.4. The number of rotatable bonds is 1. The van der Waals surface area contributed by atoms with Gasteiger partial charge in [-0.1, -0.05) is 6.07 Å². The maximum atomic E-state index is 11.4. The van der Waals surface area contributed by atoms with Crippen molar-refractivity contribution < 1.29 is 20.1 Å². The molecule has 0 aliphatic carbocycles. The molecule has 1 amide bonds. The Kier molecular flexibility index (Phi) is 2.35. The number of phenols is 3. The van der Waals surface area contributed by atoms with E-state index in [1.807, 2.05) is 0 Å². The number of amides is 1. The fourth-order valence-electron chi connectivity index (χ4n) is 2.20. The molecule has 5 nitrogen and oxygen atoms in total. The first-order chi connectivity index (χ1) is 9.08. The maximum absolute atomic E-state index is 11.4. The molecule has 5 heteroatoms. The second-order valence-corrected chi connectivity index (χ2v) is 4.38. The predicted octanol–water partition coefficient (Wildman–Crippen LogP) is 1.71. The number of phenolic OH excluding ortho intramolecular Hbond substituents is 3. The molecule has 0 saturated heterocycles. The maximum Gasteiger partial charge on any atom is 0.251 e. The highest BCUT2D eigenvalue weighted by Crippen LogP contribution is 2.42. The van der Waals surface area contributed by atoms with E-state index in [2.05, 4.69) is 5.32 Å². The van der Waals surface area contributed by atoms with E-state index in [1.54, 1.807) is 18.2 Å².